The van der Waals surface area contributed by atoms with Gasteiger partial charge in [-0.3, -0.25) is 19.3 Å². The van der Waals surface area contributed by atoms with Gasteiger partial charge in [-0.15, -0.1) is 0 Å². The molecule has 0 fully saturated rings. The van der Waals surface area contributed by atoms with E-state index in [0.717, 1.165) is 16.5 Å². The molecule has 1 aromatic heterocycles. The van der Waals surface area contributed by atoms with Crippen LogP contribution >= 0.6 is 11.6 Å². The summed E-state index contributed by atoms with van der Waals surface area (Å²) in [5.41, 5.74) is 2.05. The fourth-order valence-electron chi connectivity index (χ4n) is 5.83. The minimum Gasteiger partial charge on any atom is -0.465 e. The number of likely N-dealkylation sites (N-methyl/N-ethyl adjacent to an activating group) is 1. The van der Waals surface area contributed by atoms with Crippen LogP contribution in [0.2, 0.25) is 5.15 Å². The van der Waals surface area contributed by atoms with Gasteiger partial charge in [0.2, 0.25) is 11.8 Å². The third-order valence-electron chi connectivity index (χ3n) is 8.21. The molecule has 0 saturated heterocycles. The van der Waals surface area contributed by atoms with Gasteiger partial charge in [0.05, 0.1) is 29.5 Å². The number of nitrogens with zero attached hydrogens (tertiary/aromatic N) is 4. The topological polar surface area (TPSA) is 157 Å². The van der Waals surface area contributed by atoms with Gasteiger partial charge >= 0.3 is 6.09 Å². The SMILES string of the molecule is Cc1c(Cl)nc2ccccc2c1CN1C(=O)[C@@H](NC(=O)[C@H](CC(C)(C)C)N(C)C(=O)O)[C@H](C)N(C(=O)CS(C)(=O)=O)c2ccccc21. The Morgan fingerprint density at radius 3 is 2.28 bits per heavy atom. The Morgan fingerprint density at radius 1 is 1.09 bits per heavy atom. The van der Waals surface area contributed by atoms with Crippen molar-refractivity contribution in [1.29, 1.82) is 0 Å². The first-order chi connectivity index (χ1) is 21.8. The number of sulfone groups is 1. The number of rotatable bonds is 8. The molecular formula is C33H40ClN5O7S. The Labute approximate surface area is 279 Å². The molecule has 12 nitrogen and oxygen atoms in total. The smallest absolute Gasteiger partial charge is 0.407 e. The Kier molecular flexibility index (Phi) is 10.2. The van der Waals surface area contributed by atoms with Crippen molar-refractivity contribution in [2.75, 3.05) is 28.9 Å². The van der Waals surface area contributed by atoms with Crippen LogP contribution in [0.1, 0.15) is 45.2 Å². The van der Waals surface area contributed by atoms with E-state index in [9.17, 15) is 32.7 Å². The predicted molar refractivity (Wildman–Crippen MR) is 181 cm³/mol. The lowest BCUT2D eigenvalue weighted by atomic mass is 9.87. The van der Waals surface area contributed by atoms with Crippen molar-refractivity contribution in [3.05, 3.63) is 64.8 Å². The number of para-hydroxylation sites is 3. The van der Waals surface area contributed by atoms with Crippen LogP contribution in [0.15, 0.2) is 48.5 Å². The van der Waals surface area contributed by atoms with Gasteiger partial charge in [-0.2, -0.15) is 0 Å². The lowest BCUT2D eigenvalue weighted by molar-refractivity contribution is -0.131. The van der Waals surface area contributed by atoms with Crippen molar-refractivity contribution in [3.63, 3.8) is 0 Å². The van der Waals surface area contributed by atoms with E-state index in [0.29, 0.717) is 22.3 Å². The number of pyridine rings is 1. The number of halogens is 1. The van der Waals surface area contributed by atoms with E-state index in [1.165, 1.54) is 16.8 Å². The number of hydrogen-bond acceptors (Lipinski definition) is 7. The van der Waals surface area contributed by atoms with Gasteiger partial charge in [0, 0.05) is 18.7 Å². The summed E-state index contributed by atoms with van der Waals surface area (Å²) in [4.78, 5) is 62.4. The minimum atomic E-state index is -3.79. The Bertz CT molecular complexity index is 1840. The third-order valence-corrected chi connectivity index (χ3v) is 9.35. The molecule has 47 heavy (non-hydrogen) atoms. The number of anilines is 2. The van der Waals surface area contributed by atoms with Crippen LogP contribution in [0, 0.1) is 12.3 Å². The quantitative estimate of drug-likeness (QED) is 0.330. The summed E-state index contributed by atoms with van der Waals surface area (Å²) in [6.07, 6.45) is -0.251. The lowest BCUT2D eigenvalue weighted by Crippen LogP contribution is -2.61. The number of fused-ring (bicyclic) bond motifs is 2. The first-order valence-corrected chi connectivity index (χ1v) is 17.4. The van der Waals surface area contributed by atoms with Gasteiger partial charge in [-0.25, -0.2) is 18.2 Å². The Morgan fingerprint density at radius 2 is 1.68 bits per heavy atom. The zero-order valence-electron chi connectivity index (χ0n) is 27.4. The van der Waals surface area contributed by atoms with Gasteiger partial charge < -0.3 is 20.2 Å². The highest BCUT2D eigenvalue weighted by molar-refractivity contribution is 7.91. The van der Waals surface area contributed by atoms with E-state index < -0.39 is 62.9 Å². The predicted octanol–water partition coefficient (Wildman–Crippen LogP) is 4.41. The lowest BCUT2D eigenvalue weighted by Gasteiger charge is -2.35. The molecule has 4 rings (SSSR count). The largest absolute Gasteiger partial charge is 0.465 e. The fourth-order valence-corrected chi connectivity index (χ4v) is 6.62. The highest BCUT2D eigenvalue weighted by Gasteiger charge is 2.44. The maximum Gasteiger partial charge on any atom is 0.407 e. The van der Waals surface area contributed by atoms with Crippen molar-refractivity contribution in [1.82, 2.24) is 15.2 Å². The number of carboxylic acid groups (broad SMARTS) is 1. The first kappa shape index (κ1) is 35.6. The molecule has 252 valence electrons. The molecule has 0 spiro atoms. The monoisotopic (exact) mass is 685 g/mol. The normalized spacial score (nSPS) is 17.6. The summed E-state index contributed by atoms with van der Waals surface area (Å²) >= 11 is 6.54. The van der Waals surface area contributed by atoms with E-state index in [2.05, 4.69) is 10.3 Å². The molecule has 3 aromatic rings. The molecule has 2 aromatic carbocycles. The maximum atomic E-state index is 14.7. The molecule has 2 N–H and O–H groups in total. The minimum absolute atomic E-state index is 0.0297. The van der Waals surface area contributed by atoms with Crippen molar-refractivity contribution < 1.29 is 32.7 Å². The number of carbonyl (C=O) groups excluding carboxylic acids is 3. The second-order valence-electron chi connectivity index (χ2n) is 13.2. The zero-order chi connectivity index (χ0) is 35.0. The van der Waals surface area contributed by atoms with Crippen LogP contribution in [-0.4, -0.2) is 84.4 Å². The molecule has 0 bridgehead atoms. The summed E-state index contributed by atoms with van der Waals surface area (Å²) in [6.45, 7) is 8.88. The zero-order valence-corrected chi connectivity index (χ0v) is 29.0. The van der Waals surface area contributed by atoms with Crippen LogP contribution < -0.4 is 15.1 Å². The van der Waals surface area contributed by atoms with Crippen molar-refractivity contribution >= 4 is 67.5 Å². The Balaban J connectivity index is 1.91. The van der Waals surface area contributed by atoms with Crippen molar-refractivity contribution in [2.24, 2.45) is 5.41 Å². The maximum absolute atomic E-state index is 14.7. The molecule has 3 atom stereocenters. The summed E-state index contributed by atoms with van der Waals surface area (Å²) in [5.74, 6) is -2.94. The third kappa shape index (κ3) is 7.84. The average molecular weight is 686 g/mol. The number of carbonyl (C=O) groups is 4. The van der Waals surface area contributed by atoms with E-state index in [-0.39, 0.29) is 23.8 Å². The number of benzene rings is 2. The van der Waals surface area contributed by atoms with Crippen LogP contribution in [0.4, 0.5) is 16.2 Å². The molecule has 2 heterocycles. The molecule has 4 amide bonds. The van der Waals surface area contributed by atoms with Gasteiger partial charge in [0.15, 0.2) is 9.84 Å². The summed E-state index contributed by atoms with van der Waals surface area (Å²) < 4.78 is 24.6. The van der Waals surface area contributed by atoms with Crippen LogP contribution in [0.3, 0.4) is 0 Å². The van der Waals surface area contributed by atoms with Crippen molar-refractivity contribution in [2.45, 2.75) is 65.7 Å². The molecule has 14 heteroatoms. The second kappa shape index (κ2) is 13.5. The fraction of sp³-hybridized carbons (Fsp3) is 0.424. The van der Waals surface area contributed by atoms with E-state index in [1.54, 1.807) is 44.2 Å². The molecular weight excluding hydrogens is 646 g/mol. The highest BCUT2D eigenvalue weighted by Crippen LogP contribution is 2.38. The molecule has 0 radical (unpaired) electrons. The summed E-state index contributed by atoms with van der Waals surface area (Å²) in [6, 6.07) is 10.3. The van der Waals surface area contributed by atoms with E-state index in [1.807, 2.05) is 39.0 Å². The van der Waals surface area contributed by atoms with Crippen LogP contribution in [0.5, 0.6) is 0 Å². The van der Waals surface area contributed by atoms with Gasteiger partial charge in [-0.1, -0.05) is 62.7 Å². The van der Waals surface area contributed by atoms with Gasteiger partial charge in [-0.05, 0) is 55.0 Å². The number of nitrogens with one attached hydrogen (secondary N) is 1. The number of aromatic nitrogens is 1. The second-order valence-corrected chi connectivity index (χ2v) is 15.7. The van der Waals surface area contributed by atoms with E-state index in [4.69, 9.17) is 11.6 Å². The molecule has 0 saturated carbocycles. The average Bonchev–Trinajstić information content (AvgIpc) is 3.05. The van der Waals surface area contributed by atoms with Gasteiger partial charge in [0.25, 0.3) is 5.91 Å². The molecule has 0 aliphatic carbocycles. The molecule has 1 aliphatic heterocycles. The van der Waals surface area contributed by atoms with Crippen molar-refractivity contribution in [3.8, 4) is 0 Å². The molecule has 0 unspecified atom stereocenters. The van der Waals surface area contributed by atoms with E-state index >= 15 is 0 Å². The first-order valence-electron chi connectivity index (χ1n) is 15.0. The number of amides is 4. The molecule has 1 aliphatic rings. The van der Waals surface area contributed by atoms with Crippen LogP contribution in [0.25, 0.3) is 10.9 Å². The standard InChI is InChI=1S/C33H40ClN5O7S/c1-19-22(21-12-8-9-13-23(21)35-29(19)34)17-38-24-14-10-11-15-25(24)39(27(40)18-47(7,45)46)20(2)28(31(38)42)36-30(41)26(16-33(3,4)5)37(6)32(43)44/h8-15,20,26,28H,16-18H2,1-7H3,(H,36,41)(H,43,44)/t20-,26-,28-/m0/s1. The Hall–Kier alpha value is -4.23. The van der Waals surface area contributed by atoms with Crippen LogP contribution in [-0.2, 0) is 30.8 Å². The highest BCUT2D eigenvalue weighted by atomic mass is 35.5. The van der Waals surface area contributed by atoms with Gasteiger partial charge in [0.1, 0.15) is 23.0 Å². The summed E-state index contributed by atoms with van der Waals surface area (Å²) in [5, 5.41) is 13.5. The number of hydrogen-bond donors (Lipinski definition) is 2. The summed E-state index contributed by atoms with van der Waals surface area (Å²) in [7, 11) is -2.51.